The summed E-state index contributed by atoms with van der Waals surface area (Å²) in [7, 11) is 0. The SMILES string of the molecule is CC(NC(C)(C)C)C(=O)c1cccc(C(F)(F)F)c1.Cl. The number of rotatable bonds is 3. The van der Waals surface area contributed by atoms with Crippen molar-refractivity contribution in [3.05, 3.63) is 35.4 Å². The highest BCUT2D eigenvalue weighted by Gasteiger charge is 2.31. The molecule has 0 aliphatic heterocycles. The first-order valence-corrected chi connectivity index (χ1v) is 6.00. The molecule has 6 heteroatoms. The summed E-state index contributed by atoms with van der Waals surface area (Å²) in [5.41, 5.74) is -1.02. The van der Waals surface area contributed by atoms with Crippen LogP contribution >= 0.6 is 12.4 Å². The fourth-order valence-corrected chi connectivity index (χ4v) is 1.81. The van der Waals surface area contributed by atoms with Crippen molar-refractivity contribution in [2.24, 2.45) is 0 Å². The second kappa shape index (κ2) is 6.59. The summed E-state index contributed by atoms with van der Waals surface area (Å²) in [6.45, 7) is 7.32. The van der Waals surface area contributed by atoms with Crippen LogP contribution in [0.3, 0.4) is 0 Å². The smallest absolute Gasteiger partial charge is 0.303 e. The minimum Gasteiger partial charge on any atom is -0.303 e. The molecule has 0 saturated heterocycles. The summed E-state index contributed by atoms with van der Waals surface area (Å²) in [6.07, 6.45) is -4.43. The molecule has 1 atom stereocenters. The first kappa shape index (κ1) is 18.9. The van der Waals surface area contributed by atoms with Gasteiger partial charge in [0.2, 0.25) is 0 Å². The number of carbonyl (C=O) groups excluding carboxylic acids is 1. The molecule has 0 bridgehead atoms. The Morgan fingerprint density at radius 1 is 1.20 bits per heavy atom. The van der Waals surface area contributed by atoms with E-state index in [-0.39, 0.29) is 29.3 Å². The Kier molecular flexibility index (Phi) is 6.24. The van der Waals surface area contributed by atoms with Crippen molar-refractivity contribution >= 4 is 18.2 Å². The predicted octanol–water partition coefficient (Wildman–Crippen LogP) is 4.09. The standard InChI is InChI=1S/C14H18F3NO.ClH/c1-9(18-13(2,3)4)12(19)10-6-5-7-11(8-10)14(15,16)17;/h5-9,18H,1-4H3;1H. The van der Waals surface area contributed by atoms with Gasteiger partial charge in [-0.25, -0.2) is 0 Å². The molecule has 114 valence electrons. The molecule has 1 rings (SSSR count). The van der Waals surface area contributed by atoms with E-state index in [1.54, 1.807) is 6.92 Å². The quantitative estimate of drug-likeness (QED) is 0.852. The number of hydrogen-bond donors (Lipinski definition) is 1. The highest BCUT2D eigenvalue weighted by molar-refractivity contribution is 6.00. The highest BCUT2D eigenvalue weighted by atomic mass is 35.5. The molecule has 0 aliphatic carbocycles. The van der Waals surface area contributed by atoms with E-state index in [1.807, 2.05) is 20.8 Å². The van der Waals surface area contributed by atoms with E-state index in [1.165, 1.54) is 12.1 Å². The number of halogens is 4. The third kappa shape index (κ3) is 5.51. The molecule has 2 nitrogen and oxygen atoms in total. The Bertz CT molecular complexity index is 466. The summed E-state index contributed by atoms with van der Waals surface area (Å²) in [5, 5.41) is 3.04. The number of hydrogen-bond acceptors (Lipinski definition) is 2. The van der Waals surface area contributed by atoms with Crippen molar-refractivity contribution in [1.29, 1.82) is 0 Å². The van der Waals surface area contributed by atoms with Crippen LogP contribution in [-0.2, 0) is 6.18 Å². The monoisotopic (exact) mass is 309 g/mol. The number of carbonyl (C=O) groups is 1. The van der Waals surface area contributed by atoms with Crippen LogP contribution in [0.4, 0.5) is 13.2 Å². The fraction of sp³-hybridized carbons (Fsp3) is 0.500. The molecule has 1 aromatic carbocycles. The lowest BCUT2D eigenvalue weighted by Crippen LogP contribution is -2.46. The molecular formula is C14H19ClF3NO. The second-order valence-corrected chi connectivity index (χ2v) is 5.56. The molecular weight excluding hydrogens is 291 g/mol. The van der Waals surface area contributed by atoms with E-state index < -0.39 is 17.8 Å². The fourth-order valence-electron chi connectivity index (χ4n) is 1.81. The van der Waals surface area contributed by atoms with Crippen LogP contribution in [-0.4, -0.2) is 17.4 Å². The van der Waals surface area contributed by atoms with Gasteiger partial charge in [-0.05, 0) is 39.8 Å². The Labute approximate surface area is 123 Å². The van der Waals surface area contributed by atoms with Crippen molar-refractivity contribution in [2.75, 3.05) is 0 Å². The normalized spacial score (nSPS) is 13.6. The van der Waals surface area contributed by atoms with E-state index >= 15 is 0 Å². The van der Waals surface area contributed by atoms with Gasteiger partial charge in [0, 0.05) is 11.1 Å². The van der Waals surface area contributed by atoms with Crippen LogP contribution in [0.25, 0.3) is 0 Å². The van der Waals surface area contributed by atoms with E-state index in [9.17, 15) is 18.0 Å². The Balaban J connectivity index is 0.00000361. The van der Waals surface area contributed by atoms with E-state index in [2.05, 4.69) is 5.32 Å². The van der Waals surface area contributed by atoms with Gasteiger partial charge in [-0.1, -0.05) is 12.1 Å². The van der Waals surface area contributed by atoms with Crippen LogP contribution < -0.4 is 5.32 Å². The van der Waals surface area contributed by atoms with Crippen LogP contribution in [0, 0.1) is 0 Å². The van der Waals surface area contributed by atoms with Crippen LogP contribution in [0.15, 0.2) is 24.3 Å². The third-order valence-corrected chi connectivity index (χ3v) is 2.52. The number of benzene rings is 1. The zero-order valence-corrected chi connectivity index (χ0v) is 12.7. The topological polar surface area (TPSA) is 29.1 Å². The van der Waals surface area contributed by atoms with Gasteiger partial charge in [-0.3, -0.25) is 4.79 Å². The lowest BCUT2D eigenvalue weighted by atomic mass is 10.00. The average Bonchev–Trinajstić information content (AvgIpc) is 2.24. The van der Waals surface area contributed by atoms with E-state index in [0.29, 0.717) is 0 Å². The molecule has 0 saturated carbocycles. The maximum atomic E-state index is 12.6. The van der Waals surface area contributed by atoms with Gasteiger partial charge in [0.25, 0.3) is 0 Å². The lowest BCUT2D eigenvalue weighted by molar-refractivity contribution is -0.137. The van der Waals surface area contributed by atoms with Gasteiger partial charge < -0.3 is 5.32 Å². The molecule has 20 heavy (non-hydrogen) atoms. The van der Waals surface area contributed by atoms with Gasteiger partial charge in [0.05, 0.1) is 11.6 Å². The zero-order valence-electron chi connectivity index (χ0n) is 11.8. The highest BCUT2D eigenvalue weighted by Crippen LogP contribution is 2.29. The molecule has 0 heterocycles. The van der Waals surface area contributed by atoms with Crippen LogP contribution in [0.5, 0.6) is 0 Å². The zero-order chi connectivity index (χ0) is 14.8. The minimum atomic E-state index is -4.43. The van der Waals surface area contributed by atoms with Crippen molar-refractivity contribution in [3.8, 4) is 0 Å². The Hall–Kier alpha value is -1.07. The first-order chi connectivity index (χ1) is 8.50. The maximum Gasteiger partial charge on any atom is 0.416 e. The first-order valence-electron chi connectivity index (χ1n) is 6.00. The summed E-state index contributed by atoms with van der Waals surface area (Å²) < 4.78 is 37.7. The van der Waals surface area contributed by atoms with Crippen molar-refractivity contribution in [3.63, 3.8) is 0 Å². The summed E-state index contributed by atoms with van der Waals surface area (Å²) in [5.74, 6) is -0.346. The maximum absolute atomic E-state index is 12.6. The molecule has 0 fully saturated rings. The van der Waals surface area contributed by atoms with Crippen molar-refractivity contribution in [2.45, 2.75) is 45.5 Å². The van der Waals surface area contributed by atoms with Gasteiger partial charge in [0.1, 0.15) is 0 Å². The van der Waals surface area contributed by atoms with Crippen LogP contribution in [0.1, 0.15) is 43.6 Å². The Morgan fingerprint density at radius 2 is 1.75 bits per heavy atom. The molecule has 0 aliphatic rings. The average molecular weight is 310 g/mol. The number of ketones is 1. The van der Waals surface area contributed by atoms with Gasteiger partial charge in [-0.2, -0.15) is 13.2 Å². The summed E-state index contributed by atoms with van der Waals surface area (Å²) >= 11 is 0. The lowest BCUT2D eigenvalue weighted by Gasteiger charge is -2.25. The largest absolute Gasteiger partial charge is 0.416 e. The summed E-state index contributed by atoms with van der Waals surface area (Å²) in [6, 6.07) is 3.96. The van der Waals surface area contributed by atoms with Gasteiger partial charge in [-0.15, -0.1) is 12.4 Å². The van der Waals surface area contributed by atoms with Gasteiger partial charge in [0.15, 0.2) is 5.78 Å². The Morgan fingerprint density at radius 3 is 2.20 bits per heavy atom. The molecule has 0 aromatic heterocycles. The molecule has 0 radical (unpaired) electrons. The van der Waals surface area contributed by atoms with Crippen molar-refractivity contribution in [1.82, 2.24) is 5.32 Å². The third-order valence-electron chi connectivity index (χ3n) is 2.52. The number of nitrogens with one attached hydrogen (secondary N) is 1. The molecule has 0 amide bonds. The predicted molar refractivity (Wildman–Crippen MR) is 75.4 cm³/mol. The van der Waals surface area contributed by atoms with E-state index in [0.717, 1.165) is 12.1 Å². The van der Waals surface area contributed by atoms with Crippen molar-refractivity contribution < 1.29 is 18.0 Å². The van der Waals surface area contributed by atoms with E-state index in [4.69, 9.17) is 0 Å². The molecule has 1 aromatic rings. The van der Waals surface area contributed by atoms with Gasteiger partial charge >= 0.3 is 6.18 Å². The molecule has 1 unspecified atom stereocenters. The molecule has 0 spiro atoms. The number of Topliss-reactive ketones (excluding diaryl/α,β-unsaturated/α-hetero) is 1. The van der Waals surface area contributed by atoms with Crippen LogP contribution in [0.2, 0.25) is 0 Å². The summed E-state index contributed by atoms with van der Waals surface area (Å²) in [4.78, 5) is 12.1. The second-order valence-electron chi connectivity index (χ2n) is 5.56. The number of alkyl halides is 3. The minimum absolute atomic E-state index is 0. The molecule has 1 N–H and O–H groups in total.